The number of rotatable bonds is 2. The van der Waals surface area contributed by atoms with Crippen LogP contribution in [0.25, 0.3) is 22.9 Å². The van der Waals surface area contributed by atoms with Crippen molar-refractivity contribution in [2.24, 2.45) is 0 Å². The summed E-state index contributed by atoms with van der Waals surface area (Å²) in [5.74, 6) is -0.144. The molecule has 0 atom stereocenters. The van der Waals surface area contributed by atoms with Crippen molar-refractivity contribution >= 4 is 11.6 Å². The highest BCUT2D eigenvalue weighted by molar-refractivity contribution is 6.30. The first-order valence-corrected chi connectivity index (χ1v) is 6.44. The molecule has 2 aromatic heterocycles. The van der Waals surface area contributed by atoms with Crippen molar-refractivity contribution in [3.8, 4) is 22.9 Å². The molecule has 22 heavy (non-hydrogen) atoms. The van der Waals surface area contributed by atoms with E-state index in [0.29, 0.717) is 10.6 Å². The zero-order valence-corrected chi connectivity index (χ0v) is 11.6. The Morgan fingerprint density at radius 2 is 1.64 bits per heavy atom. The Morgan fingerprint density at radius 3 is 2.32 bits per heavy atom. The monoisotopic (exact) mass is 325 g/mol. The summed E-state index contributed by atoms with van der Waals surface area (Å²) in [6, 6.07) is 7.36. The number of hydrogen-bond acceptors (Lipinski definition) is 4. The minimum absolute atomic E-state index is 0.101. The van der Waals surface area contributed by atoms with Gasteiger partial charge in [0, 0.05) is 23.0 Å². The minimum atomic E-state index is -4.53. The third-order valence-electron chi connectivity index (χ3n) is 2.87. The number of alkyl halides is 3. The zero-order chi connectivity index (χ0) is 15.7. The SMILES string of the molecule is FC(F)(F)c1ccncc1-c1nnc(-c2ccc(Cl)cc2)o1. The topological polar surface area (TPSA) is 51.8 Å². The first-order valence-electron chi connectivity index (χ1n) is 6.06. The van der Waals surface area contributed by atoms with Crippen LogP contribution in [-0.4, -0.2) is 15.2 Å². The normalized spacial score (nSPS) is 11.6. The lowest BCUT2D eigenvalue weighted by Gasteiger charge is -2.08. The van der Waals surface area contributed by atoms with Gasteiger partial charge in [-0.05, 0) is 30.3 Å². The number of hydrogen-bond donors (Lipinski definition) is 0. The van der Waals surface area contributed by atoms with Gasteiger partial charge in [-0.3, -0.25) is 4.98 Å². The van der Waals surface area contributed by atoms with Crippen LogP contribution in [0.4, 0.5) is 13.2 Å². The van der Waals surface area contributed by atoms with Gasteiger partial charge in [-0.15, -0.1) is 10.2 Å². The third kappa shape index (κ3) is 2.80. The average Bonchev–Trinajstić information content (AvgIpc) is 2.97. The molecule has 3 aromatic rings. The second-order valence-electron chi connectivity index (χ2n) is 4.34. The molecule has 0 saturated heterocycles. The molecule has 0 N–H and O–H groups in total. The average molecular weight is 326 g/mol. The largest absolute Gasteiger partial charge is 0.417 e. The number of pyridine rings is 1. The molecule has 0 aliphatic heterocycles. The molecule has 0 unspecified atom stereocenters. The molecular formula is C14H7ClF3N3O. The van der Waals surface area contributed by atoms with Gasteiger partial charge >= 0.3 is 6.18 Å². The minimum Gasteiger partial charge on any atom is -0.416 e. The second-order valence-corrected chi connectivity index (χ2v) is 4.77. The Labute approximate surface area is 127 Å². The molecule has 0 radical (unpaired) electrons. The van der Waals surface area contributed by atoms with Crippen LogP contribution >= 0.6 is 11.6 Å². The Morgan fingerprint density at radius 1 is 0.955 bits per heavy atom. The van der Waals surface area contributed by atoms with Crippen molar-refractivity contribution in [2.75, 3.05) is 0 Å². The van der Waals surface area contributed by atoms with E-state index >= 15 is 0 Å². The van der Waals surface area contributed by atoms with Gasteiger partial charge in [0.25, 0.3) is 0 Å². The summed E-state index contributed by atoms with van der Waals surface area (Å²) in [5.41, 5.74) is -0.586. The van der Waals surface area contributed by atoms with Gasteiger partial charge in [0.1, 0.15) is 0 Å². The summed E-state index contributed by atoms with van der Waals surface area (Å²) in [4.78, 5) is 3.68. The van der Waals surface area contributed by atoms with Gasteiger partial charge in [-0.25, -0.2) is 0 Å². The van der Waals surface area contributed by atoms with Crippen molar-refractivity contribution in [3.63, 3.8) is 0 Å². The molecule has 0 aliphatic carbocycles. The van der Waals surface area contributed by atoms with E-state index in [4.69, 9.17) is 16.0 Å². The summed E-state index contributed by atoms with van der Waals surface area (Å²) in [6.07, 6.45) is -2.43. The summed E-state index contributed by atoms with van der Waals surface area (Å²) in [7, 11) is 0. The van der Waals surface area contributed by atoms with E-state index in [9.17, 15) is 13.2 Å². The standard InChI is InChI=1S/C14H7ClF3N3O/c15-9-3-1-8(2-4-9)12-20-21-13(22-12)10-7-19-6-5-11(10)14(16,17)18/h1-7H. The molecule has 0 fully saturated rings. The van der Waals surface area contributed by atoms with Crippen LogP contribution in [0.1, 0.15) is 5.56 Å². The summed E-state index contributed by atoms with van der Waals surface area (Å²) in [6.45, 7) is 0. The summed E-state index contributed by atoms with van der Waals surface area (Å²) >= 11 is 5.77. The molecule has 0 bridgehead atoms. The van der Waals surface area contributed by atoms with Gasteiger partial charge < -0.3 is 4.42 Å². The first kappa shape index (κ1) is 14.5. The highest BCUT2D eigenvalue weighted by atomic mass is 35.5. The van der Waals surface area contributed by atoms with E-state index in [1.165, 1.54) is 0 Å². The number of halogens is 4. The van der Waals surface area contributed by atoms with Crippen molar-refractivity contribution in [3.05, 3.63) is 53.3 Å². The van der Waals surface area contributed by atoms with E-state index < -0.39 is 11.7 Å². The molecule has 0 aliphatic rings. The van der Waals surface area contributed by atoms with Crippen molar-refractivity contribution in [1.82, 2.24) is 15.2 Å². The lowest BCUT2D eigenvalue weighted by molar-refractivity contribution is -0.137. The fraction of sp³-hybridized carbons (Fsp3) is 0.0714. The maximum absolute atomic E-state index is 13.0. The Hall–Kier alpha value is -2.41. The lowest BCUT2D eigenvalue weighted by Crippen LogP contribution is -2.07. The van der Waals surface area contributed by atoms with Crippen LogP contribution in [-0.2, 0) is 6.18 Å². The molecule has 2 heterocycles. The maximum atomic E-state index is 13.0. The molecule has 1 aromatic carbocycles. The van der Waals surface area contributed by atoms with Crippen LogP contribution < -0.4 is 0 Å². The highest BCUT2D eigenvalue weighted by Gasteiger charge is 2.35. The van der Waals surface area contributed by atoms with Gasteiger partial charge in [0.15, 0.2) is 0 Å². The second kappa shape index (κ2) is 5.42. The van der Waals surface area contributed by atoms with E-state index in [0.717, 1.165) is 18.5 Å². The lowest BCUT2D eigenvalue weighted by atomic mass is 10.1. The Kier molecular flexibility index (Phi) is 3.58. The van der Waals surface area contributed by atoms with Gasteiger partial charge in [-0.1, -0.05) is 11.6 Å². The van der Waals surface area contributed by atoms with Crippen molar-refractivity contribution in [2.45, 2.75) is 6.18 Å². The molecule has 4 nitrogen and oxygen atoms in total. The number of nitrogens with zero attached hydrogens (tertiary/aromatic N) is 3. The first-order chi connectivity index (χ1) is 10.4. The van der Waals surface area contributed by atoms with Gasteiger partial charge in [0.2, 0.25) is 11.8 Å². The summed E-state index contributed by atoms with van der Waals surface area (Å²) < 4.78 is 44.3. The fourth-order valence-corrected chi connectivity index (χ4v) is 1.98. The molecule has 8 heteroatoms. The predicted molar refractivity (Wildman–Crippen MR) is 73.0 cm³/mol. The molecule has 3 rings (SSSR count). The van der Waals surface area contributed by atoms with E-state index in [-0.39, 0.29) is 17.3 Å². The van der Waals surface area contributed by atoms with Crippen LogP contribution in [0.5, 0.6) is 0 Å². The van der Waals surface area contributed by atoms with E-state index in [2.05, 4.69) is 15.2 Å². The maximum Gasteiger partial charge on any atom is 0.417 e. The number of aromatic nitrogens is 3. The molecule has 0 spiro atoms. The molecule has 0 amide bonds. The van der Waals surface area contributed by atoms with E-state index in [1.54, 1.807) is 24.3 Å². The van der Waals surface area contributed by atoms with E-state index in [1.807, 2.05) is 0 Å². The van der Waals surface area contributed by atoms with Crippen molar-refractivity contribution in [1.29, 1.82) is 0 Å². The van der Waals surface area contributed by atoms with Crippen LogP contribution in [0.3, 0.4) is 0 Å². The predicted octanol–water partition coefficient (Wildman–Crippen LogP) is 4.47. The molecule has 112 valence electrons. The van der Waals surface area contributed by atoms with Crippen molar-refractivity contribution < 1.29 is 17.6 Å². The highest BCUT2D eigenvalue weighted by Crippen LogP contribution is 2.36. The van der Waals surface area contributed by atoms with Crippen LogP contribution in [0.2, 0.25) is 5.02 Å². The van der Waals surface area contributed by atoms with Gasteiger partial charge in [-0.2, -0.15) is 13.2 Å². The van der Waals surface area contributed by atoms with Gasteiger partial charge in [0.05, 0.1) is 11.1 Å². The summed E-state index contributed by atoms with van der Waals surface area (Å²) in [5, 5.41) is 7.95. The van der Waals surface area contributed by atoms with Crippen LogP contribution in [0, 0.1) is 0 Å². The quantitative estimate of drug-likeness (QED) is 0.697. The Balaban J connectivity index is 2.03. The Bertz CT molecular complexity index is 800. The molecule has 0 saturated carbocycles. The smallest absolute Gasteiger partial charge is 0.416 e. The van der Waals surface area contributed by atoms with Crippen LogP contribution in [0.15, 0.2) is 47.1 Å². The third-order valence-corrected chi connectivity index (χ3v) is 3.13. The fourth-order valence-electron chi connectivity index (χ4n) is 1.85. The molecular weight excluding hydrogens is 319 g/mol. The zero-order valence-electron chi connectivity index (χ0n) is 10.8. The number of benzene rings is 1.